The third-order valence-corrected chi connectivity index (χ3v) is 3.51. The molecule has 1 aromatic heterocycles. The van der Waals surface area contributed by atoms with Crippen LogP contribution in [0.4, 0.5) is 5.69 Å². The van der Waals surface area contributed by atoms with Crippen molar-refractivity contribution in [1.29, 1.82) is 0 Å². The number of hydrogen-bond acceptors (Lipinski definition) is 7. The number of nitrogens with one attached hydrogen (secondary N) is 1. The molecule has 2 aromatic rings. The SMILES string of the molecule is COc1cc(Cl)c(C)cc1NC(=O)[C@@H](C)OC(=O)Cn1cnnn1. The Morgan fingerprint density at radius 1 is 1.42 bits per heavy atom. The number of carbonyl (C=O) groups is 2. The minimum atomic E-state index is -1.00. The van der Waals surface area contributed by atoms with E-state index in [9.17, 15) is 9.59 Å². The van der Waals surface area contributed by atoms with Crippen LogP contribution >= 0.6 is 11.6 Å². The molecule has 1 N–H and O–H groups in total. The Kier molecular flexibility index (Phi) is 5.69. The normalized spacial score (nSPS) is 11.7. The van der Waals surface area contributed by atoms with Gasteiger partial charge in [0.25, 0.3) is 5.91 Å². The third kappa shape index (κ3) is 4.42. The van der Waals surface area contributed by atoms with E-state index in [4.69, 9.17) is 21.1 Å². The van der Waals surface area contributed by atoms with Gasteiger partial charge in [0.1, 0.15) is 18.6 Å². The van der Waals surface area contributed by atoms with E-state index in [0.717, 1.165) is 5.56 Å². The molecule has 1 heterocycles. The van der Waals surface area contributed by atoms with Crippen LogP contribution < -0.4 is 10.1 Å². The van der Waals surface area contributed by atoms with Gasteiger partial charge >= 0.3 is 5.97 Å². The maximum Gasteiger partial charge on any atom is 0.328 e. The second kappa shape index (κ2) is 7.73. The van der Waals surface area contributed by atoms with Crippen LogP contribution in [-0.4, -0.2) is 45.3 Å². The number of aryl methyl sites for hydroxylation is 1. The van der Waals surface area contributed by atoms with Gasteiger partial charge in [-0.1, -0.05) is 11.6 Å². The van der Waals surface area contributed by atoms with E-state index in [1.165, 1.54) is 25.0 Å². The van der Waals surface area contributed by atoms with E-state index < -0.39 is 18.0 Å². The number of tetrazole rings is 1. The fraction of sp³-hybridized carbons (Fsp3) is 0.357. The topological polar surface area (TPSA) is 108 Å². The van der Waals surface area contributed by atoms with Gasteiger partial charge in [0, 0.05) is 11.1 Å². The van der Waals surface area contributed by atoms with Crippen molar-refractivity contribution < 1.29 is 19.1 Å². The highest BCUT2D eigenvalue weighted by atomic mass is 35.5. The fourth-order valence-electron chi connectivity index (χ4n) is 1.84. The Balaban J connectivity index is 1.98. The Morgan fingerprint density at radius 3 is 2.79 bits per heavy atom. The molecular formula is C14H16ClN5O4. The Morgan fingerprint density at radius 2 is 2.17 bits per heavy atom. The molecule has 0 aliphatic heterocycles. The third-order valence-electron chi connectivity index (χ3n) is 3.10. The maximum atomic E-state index is 12.2. The Labute approximate surface area is 142 Å². The van der Waals surface area contributed by atoms with E-state index >= 15 is 0 Å². The molecule has 1 aromatic carbocycles. The lowest BCUT2D eigenvalue weighted by Gasteiger charge is -2.16. The lowest BCUT2D eigenvalue weighted by atomic mass is 10.2. The monoisotopic (exact) mass is 353 g/mol. The number of benzene rings is 1. The molecule has 0 saturated carbocycles. The zero-order valence-corrected chi connectivity index (χ0v) is 14.1. The summed E-state index contributed by atoms with van der Waals surface area (Å²) in [5.41, 5.74) is 1.21. The van der Waals surface area contributed by atoms with E-state index in [0.29, 0.717) is 16.5 Å². The summed E-state index contributed by atoms with van der Waals surface area (Å²) >= 11 is 6.02. The van der Waals surface area contributed by atoms with E-state index in [2.05, 4.69) is 20.8 Å². The van der Waals surface area contributed by atoms with Crippen LogP contribution in [0.1, 0.15) is 12.5 Å². The number of anilines is 1. The van der Waals surface area contributed by atoms with Gasteiger partial charge in [0.2, 0.25) is 0 Å². The first kappa shape index (κ1) is 17.7. The minimum Gasteiger partial charge on any atom is -0.495 e. The van der Waals surface area contributed by atoms with Crippen LogP contribution in [0.5, 0.6) is 5.75 Å². The summed E-state index contributed by atoms with van der Waals surface area (Å²) in [4.78, 5) is 23.9. The van der Waals surface area contributed by atoms with Crippen LogP contribution in [-0.2, 0) is 20.9 Å². The molecule has 0 unspecified atom stereocenters. The van der Waals surface area contributed by atoms with Crippen molar-refractivity contribution in [2.45, 2.75) is 26.5 Å². The van der Waals surface area contributed by atoms with Gasteiger partial charge in [0.05, 0.1) is 12.8 Å². The number of halogens is 1. The lowest BCUT2D eigenvalue weighted by Crippen LogP contribution is -2.31. The first-order chi connectivity index (χ1) is 11.4. The van der Waals surface area contributed by atoms with Crippen molar-refractivity contribution in [2.75, 3.05) is 12.4 Å². The number of amides is 1. The van der Waals surface area contributed by atoms with Gasteiger partial charge in [-0.3, -0.25) is 9.59 Å². The molecule has 0 aliphatic rings. The molecule has 2 rings (SSSR count). The van der Waals surface area contributed by atoms with Gasteiger partial charge in [-0.15, -0.1) is 5.10 Å². The van der Waals surface area contributed by atoms with Crippen LogP contribution in [0.15, 0.2) is 18.5 Å². The number of carbonyl (C=O) groups excluding carboxylic acids is 2. The summed E-state index contributed by atoms with van der Waals surface area (Å²) in [5, 5.41) is 13.5. The largest absolute Gasteiger partial charge is 0.495 e. The molecular weight excluding hydrogens is 338 g/mol. The molecule has 9 nitrogen and oxygen atoms in total. The summed E-state index contributed by atoms with van der Waals surface area (Å²) in [5.74, 6) is -0.726. The number of methoxy groups -OCH3 is 1. The first-order valence-corrected chi connectivity index (χ1v) is 7.33. The summed E-state index contributed by atoms with van der Waals surface area (Å²) in [6.45, 7) is 3.07. The van der Waals surface area contributed by atoms with E-state index in [-0.39, 0.29) is 6.54 Å². The van der Waals surface area contributed by atoms with Crippen LogP contribution in [0.25, 0.3) is 0 Å². The van der Waals surface area contributed by atoms with Gasteiger partial charge in [-0.2, -0.15) is 0 Å². The second-order valence-electron chi connectivity index (χ2n) is 4.93. The highest BCUT2D eigenvalue weighted by Gasteiger charge is 2.20. The van der Waals surface area contributed by atoms with Crippen LogP contribution in [0.3, 0.4) is 0 Å². The number of ether oxygens (including phenoxy) is 2. The number of aromatic nitrogens is 4. The highest BCUT2D eigenvalue weighted by molar-refractivity contribution is 6.31. The average molecular weight is 354 g/mol. The quantitative estimate of drug-likeness (QED) is 0.777. The molecule has 0 aliphatic carbocycles. The van der Waals surface area contributed by atoms with Gasteiger partial charge in [-0.25, -0.2) is 4.68 Å². The summed E-state index contributed by atoms with van der Waals surface area (Å²) < 4.78 is 11.4. The zero-order valence-electron chi connectivity index (χ0n) is 13.3. The van der Waals surface area contributed by atoms with Crippen molar-refractivity contribution >= 4 is 29.2 Å². The number of rotatable bonds is 6. The highest BCUT2D eigenvalue weighted by Crippen LogP contribution is 2.31. The maximum absolute atomic E-state index is 12.2. The van der Waals surface area contributed by atoms with Crippen molar-refractivity contribution in [2.24, 2.45) is 0 Å². The predicted octanol–water partition coefficient (Wildman–Crippen LogP) is 1.21. The smallest absolute Gasteiger partial charge is 0.328 e. The van der Waals surface area contributed by atoms with Gasteiger partial charge < -0.3 is 14.8 Å². The van der Waals surface area contributed by atoms with Crippen molar-refractivity contribution in [3.05, 3.63) is 29.0 Å². The Hall–Kier alpha value is -2.68. The molecule has 1 atom stereocenters. The number of esters is 1. The lowest BCUT2D eigenvalue weighted by molar-refractivity contribution is -0.153. The minimum absolute atomic E-state index is 0.187. The van der Waals surface area contributed by atoms with Gasteiger partial charge in [0.15, 0.2) is 6.10 Å². The van der Waals surface area contributed by atoms with Crippen LogP contribution in [0.2, 0.25) is 5.02 Å². The van der Waals surface area contributed by atoms with Crippen molar-refractivity contribution in [3.8, 4) is 5.75 Å². The van der Waals surface area contributed by atoms with Crippen molar-refractivity contribution in [1.82, 2.24) is 20.2 Å². The molecule has 0 radical (unpaired) electrons. The average Bonchev–Trinajstić information content (AvgIpc) is 3.03. The summed E-state index contributed by atoms with van der Waals surface area (Å²) in [6.07, 6.45) is 0.266. The molecule has 0 fully saturated rings. The van der Waals surface area contributed by atoms with Crippen molar-refractivity contribution in [3.63, 3.8) is 0 Å². The predicted molar refractivity (Wildman–Crippen MR) is 84.7 cm³/mol. The molecule has 128 valence electrons. The van der Waals surface area contributed by atoms with Crippen LogP contribution in [0, 0.1) is 6.92 Å². The standard InChI is InChI=1S/C14H16ClN5O4/c1-8-4-11(12(23-3)5-10(8)15)17-14(22)9(2)24-13(21)6-20-7-16-18-19-20/h4-5,7,9H,6H2,1-3H3,(H,17,22)/t9-/m1/s1. The zero-order chi connectivity index (χ0) is 17.7. The fourth-order valence-corrected chi connectivity index (χ4v) is 1.99. The number of hydrogen-bond donors (Lipinski definition) is 1. The summed E-state index contributed by atoms with van der Waals surface area (Å²) in [7, 11) is 1.46. The van der Waals surface area contributed by atoms with E-state index in [1.54, 1.807) is 19.1 Å². The molecule has 10 heteroatoms. The molecule has 0 spiro atoms. The van der Waals surface area contributed by atoms with E-state index in [1.807, 2.05) is 0 Å². The second-order valence-corrected chi connectivity index (χ2v) is 5.34. The Bertz CT molecular complexity index is 735. The van der Waals surface area contributed by atoms with Gasteiger partial charge in [-0.05, 0) is 35.9 Å². The first-order valence-electron chi connectivity index (χ1n) is 6.96. The molecule has 1 amide bonds. The molecule has 0 saturated heterocycles. The summed E-state index contributed by atoms with van der Waals surface area (Å²) in [6, 6.07) is 3.27. The molecule has 0 bridgehead atoms. The molecule has 24 heavy (non-hydrogen) atoms. The number of nitrogens with zero attached hydrogens (tertiary/aromatic N) is 4.